The third-order valence-electron chi connectivity index (χ3n) is 4.77. The lowest BCUT2D eigenvalue weighted by Crippen LogP contribution is -2.09. The molecule has 1 unspecified atom stereocenters. The summed E-state index contributed by atoms with van der Waals surface area (Å²) in [4.78, 5) is 18.3. The second kappa shape index (κ2) is 4.92. The third kappa shape index (κ3) is 1.91. The molecule has 118 valence electrons. The van der Waals surface area contributed by atoms with Crippen molar-refractivity contribution in [1.29, 1.82) is 0 Å². The number of carbonyl (C=O) groups is 1. The van der Waals surface area contributed by atoms with Gasteiger partial charge in [0.15, 0.2) is 4.96 Å². The fourth-order valence-corrected chi connectivity index (χ4v) is 4.77. The Hall–Kier alpha value is -2.66. The Bertz CT molecular complexity index is 1110. The fraction of sp³-hybridized carbons (Fsp3) is 0.158. The Morgan fingerprint density at radius 3 is 2.88 bits per heavy atom. The number of carboxylic acids is 1. The topological polar surface area (TPSA) is 54.6 Å². The smallest absolute Gasteiger partial charge is 0.312 e. The van der Waals surface area contributed by atoms with Gasteiger partial charge < -0.3 is 5.11 Å². The first-order valence-electron chi connectivity index (χ1n) is 7.93. The molecule has 0 spiro atoms. The summed E-state index contributed by atoms with van der Waals surface area (Å²) in [6.45, 7) is 0. The molecule has 2 aromatic carbocycles. The summed E-state index contributed by atoms with van der Waals surface area (Å²) in [5.74, 6) is -1.15. The van der Waals surface area contributed by atoms with Gasteiger partial charge in [0.2, 0.25) is 0 Å². The van der Waals surface area contributed by atoms with Crippen molar-refractivity contribution in [1.82, 2.24) is 9.38 Å². The van der Waals surface area contributed by atoms with E-state index in [0.29, 0.717) is 6.42 Å². The van der Waals surface area contributed by atoms with Gasteiger partial charge in [-0.15, -0.1) is 11.3 Å². The van der Waals surface area contributed by atoms with E-state index in [1.54, 1.807) is 11.3 Å². The predicted molar refractivity (Wildman–Crippen MR) is 94.7 cm³/mol. The number of aromatic nitrogens is 2. The molecule has 2 aromatic heterocycles. The fourth-order valence-electron chi connectivity index (χ4n) is 3.59. The molecule has 4 aromatic rings. The molecule has 2 heterocycles. The quantitative estimate of drug-likeness (QED) is 0.593. The highest BCUT2D eigenvalue weighted by molar-refractivity contribution is 7.17. The van der Waals surface area contributed by atoms with E-state index in [2.05, 4.69) is 30.3 Å². The van der Waals surface area contributed by atoms with Crippen LogP contribution in [0.4, 0.5) is 0 Å². The average Bonchev–Trinajstić information content (AvgIpc) is 3.24. The van der Waals surface area contributed by atoms with Crippen LogP contribution in [0.15, 0.2) is 48.7 Å². The molecule has 4 nitrogen and oxygen atoms in total. The maximum Gasteiger partial charge on any atom is 0.312 e. The molecule has 0 saturated carbocycles. The summed E-state index contributed by atoms with van der Waals surface area (Å²) < 4.78 is 1.98. The Morgan fingerprint density at radius 2 is 2.04 bits per heavy atom. The second-order valence-electron chi connectivity index (χ2n) is 6.18. The standard InChI is InChI=1S/C19H14N2O2S/c22-18(23)14-7-8-16-17(14)21-10-15(20-19(21)24-16)13-6-5-11-3-1-2-4-12(11)9-13/h1-6,9-10,14H,7-8H2,(H,22,23). The molecule has 5 heteroatoms. The van der Waals surface area contributed by atoms with E-state index in [4.69, 9.17) is 4.98 Å². The van der Waals surface area contributed by atoms with E-state index in [1.807, 2.05) is 22.7 Å². The minimum atomic E-state index is -0.741. The number of hydrogen-bond acceptors (Lipinski definition) is 3. The Balaban J connectivity index is 1.66. The van der Waals surface area contributed by atoms with Crippen LogP contribution in [0.25, 0.3) is 27.0 Å². The molecular weight excluding hydrogens is 320 g/mol. The highest BCUT2D eigenvalue weighted by Gasteiger charge is 2.33. The van der Waals surface area contributed by atoms with E-state index >= 15 is 0 Å². The first-order chi connectivity index (χ1) is 11.7. The minimum absolute atomic E-state index is 0.410. The Labute approximate surface area is 142 Å². The predicted octanol–water partition coefficient (Wildman–Crippen LogP) is 4.33. The molecule has 0 saturated heterocycles. The zero-order chi connectivity index (χ0) is 16.3. The lowest BCUT2D eigenvalue weighted by atomic mass is 10.1. The third-order valence-corrected chi connectivity index (χ3v) is 5.90. The molecular formula is C19H14N2O2S. The molecule has 24 heavy (non-hydrogen) atoms. The number of thiazole rings is 1. The zero-order valence-corrected chi connectivity index (χ0v) is 13.6. The van der Waals surface area contributed by atoms with Crippen molar-refractivity contribution < 1.29 is 9.90 Å². The largest absolute Gasteiger partial charge is 0.481 e. The Kier molecular flexibility index (Phi) is 2.82. The number of imidazole rings is 1. The lowest BCUT2D eigenvalue weighted by molar-refractivity contribution is -0.138. The van der Waals surface area contributed by atoms with E-state index in [0.717, 1.165) is 33.2 Å². The summed E-state index contributed by atoms with van der Waals surface area (Å²) in [5, 5.41) is 11.8. The van der Waals surface area contributed by atoms with Gasteiger partial charge in [-0.3, -0.25) is 9.20 Å². The number of carboxylic acid groups (broad SMARTS) is 1. The molecule has 1 aliphatic carbocycles. The van der Waals surface area contributed by atoms with Crippen LogP contribution in [-0.2, 0) is 11.2 Å². The molecule has 1 aliphatic rings. The van der Waals surface area contributed by atoms with Gasteiger partial charge in [0.25, 0.3) is 0 Å². The normalized spacial score (nSPS) is 16.8. The molecule has 0 radical (unpaired) electrons. The van der Waals surface area contributed by atoms with Crippen molar-refractivity contribution >= 4 is 33.0 Å². The van der Waals surface area contributed by atoms with Gasteiger partial charge in [0.1, 0.15) is 0 Å². The van der Waals surface area contributed by atoms with Crippen LogP contribution in [0.3, 0.4) is 0 Å². The first-order valence-corrected chi connectivity index (χ1v) is 8.75. The number of nitrogens with zero attached hydrogens (tertiary/aromatic N) is 2. The molecule has 1 atom stereocenters. The van der Waals surface area contributed by atoms with Crippen LogP contribution >= 0.6 is 11.3 Å². The van der Waals surface area contributed by atoms with Crippen LogP contribution in [-0.4, -0.2) is 20.5 Å². The highest BCUT2D eigenvalue weighted by Crippen LogP contribution is 2.40. The van der Waals surface area contributed by atoms with Gasteiger partial charge in [-0.05, 0) is 29.7 Å². The number of fused-ring (bicyclic) bond motifs is 4. The average molecular weight is 334 g/mol. The number of benzene rings is 2. The van der Waals surface area contributed by atoms with Gasteiger partial charge in [-0.25, -0.2) is 4.98 Å². The molecule has 0 aliphatic heterocycles. The van der Waals surface area contributed by atoms with E-state index < -0.39 is 11.9 Å². The van der Waals surface area contributed by atoms with Crippen molar-refractivity contribution in [2.24, 2.45) is 0 Å². The number of aliphatic carboxylic acids is 1. The van der Waals surface area contributed by atoms with Crippen LogP contribution in [0, 0.1) is 0 Å². The second-order valence-corrected chi connectivity index (χ2v) is 7.24. The molecule has 0 fully saturated rings. The zero-order valence-electron chi connectivity index (χ0n) is 12.8. The molecule has 5 rings (SSSR count). The summed E-state index contributed by atoms with van der Waals surface area (Å²) in [6.07, 6.45) is 3.51. The van der Waals surface area contributed by atoms with Crippen LogP contribution < -0.4 is 0 Å². The summed E-state index contributed by atoms with van der Waals surface area (Å²) in [7, 11) is 0. The monoisotopic (exact) mass is 334 g/mol. The van der Waals surface area contributed by atoms with Crippen molar-refractivity contribution in [3.05, 3.63) is 59.2 Å². The number of rotatable bonds is 2. The minimum Gasteiger partial charge on any atom is -0.481 e. The van der Waals surface area contributed by atoms with Gasteiger partial charge in [-0.1, -0.05) is 36.4 Å². The molecule has 1 N–H and O–H groups in total. The van der Waals surface area contributed by atoms with Crippen molar-refractivity contribution in [3.63, 3.8) is 0 Å². The van der Waals surface area contributed by atoms with Gasteiger partial charge in [-0.2, -0.15) is 0 Å². The Morgan fingerprint density at radius 1 is 1.21 bits per heavy atom. The maximum atomic E-state index is 11.5. The maximum absolute atomic E-state index is 11.5. The van der Waals surface area contributed by atoms with Gasteiger partial charge in [0, 0.05) is 16.6 Å². The van der Waals surface area contributed by atoms with E-state index in [-0.39, 0.29) is 0 Å². The molecule has 0 amide bonds. The first kappa shape index (κ1) is 13.7. The SMILES string of the molecule is O=C(O)C1CCc2sc3nc(-c4ccc5ccccc5c4)cn3c21. The summed E-state index contributed by atoms with van der Waals surface area (Å²) >= 11 is 1.62. The van der Waals surface area contributed by atoms with Gasteiger partial charge >= 0.3 is 5.97 Å². The van der Waals surface area contributed by atoms with E-state index in [1.165, 1.54) is 10.8 Å². The van der Waals surface area contributed by atoms with Crippen molar-refractivity contribution in [3.8, 4) is 11.3 Å². The highest BCUT2D eigenvalue weighted by atomic mass is 32.1. The van der Waals surface area contributed by atoms with E-state index in [9.17, 15) is 9.90 Å². The summed E-state index contributed by atoms with van der Waals surface area (Å²) in [5.41, 5.74) is 2.87. The number of aryl methyl sites for hydroxylation is 1. The van der Waals surface area contributed by atoms with Crippen LogP contribution in [0.1, 0.15) is 22.9 Å². The van der Waals surface area contributed by atoms with Crippen LogP contribution in [0.2, 0.25) is 0 Å². The van der Waals surface area contributed by atoms with Crippen LogP contribution in [0.5, 0.6) is 0 Å². The van der Waals surface area contributed by atoms with Crippen molar-refractivity contribution in [2.75, 3.05) is 0 Å². The molecule has 0 bridgehead atoms. The number of hydrogen-bond donors (Lipinski definition) is 1. The summed E-state index contributed by atoms with van der Waals surface area (Å²) in [6, 6.07) is 14.6. The lowest BCUT2D eigenvalue weighted by Gasteiger charge is -2.04. The van der Waals surface area contributed by atoms with Gasteiger partial charge in [0.05, 0.1) is 17.3 Å². The van der Waals surface area contributed by atoms with Crippen molar-refractivity contribution in [2.45, 2.75) is 18.8 Å².